The lowest BCUT2D eigenvalue weighted by atomic mass is 10.1. The van der Waals surface area contributed by atoms with E-state index in [4.69, 9.17) is 0 Å². The first-order chi connectivity index (χ1) is 9.91. The molecule has 0 fully saturated rings. The fraction of sp³-hybridized carbons (Fsp3) is 0.500. The van der Waals surface area contributed by atoms with Crippen LogP contribution in [0.5, 0.6) is 0 Å². The van der Waals surface area contributed by atoms with Gasteiger partial charge in [-0.3, -0.25) is 9.59 Å². The van der Waals surface area contributed by atoms with Crippen molar-refractivity contribution in [2.24, 2.45) is 0 Å². The Morgan fingerprint density at radius 1 is 1.43 bits per heavy atom. The highest BCUT2D eigenvalue weighted by atomic mass is 16.3. The highest BCUT2D eigenvalue weighted by molar-refractivity contribution is 6.40. The van der Waals surface area contributed by atoms with E-state index in [0.29, 0.717) is 19.5 Å². The largest absolute Gasteiger partial charge is 0.393 e. The second-order valence-electron chi connectivity index (χ2n) is 5.64. The van der Waals surface area contributed by atoms with Gasteiger partial charge in [0.1, 0.15) is 0 Å². The summed E-state index contributed by atoms with van der Waals surface area (Å²) >= 11 is 0. The summed E-state index contributed by atoms with van der Waals surface area (Å²) in [7, 11) is 1.59. The Labute approximate surface area is 125 Å². The highest BCUT2D eigenvalue weighted by Gasteiger charge is 2.31. The number of rotatable bonds is 3. The molecule has 0 saturated carbocycles. The number of anilines is 1. The maximum absolute atomic E-state index is 12.4. The molecular formula is C16H22N2O3. The maximum Gasteiger partial charge on any atom is 0.316 e. The van der Waals surface area contributed by atoms with Crippen molar-refractivity contribution in [1.29, 1.82) is 0 Å². The van der Waals surface area contributed by atoms with E-state index in [0.717, 1.165) is 23.2 Å². The molecule has 0 spiro atoms. The van der Waals surface area contributed by atoms with Gasteiger partial charge in [-0.2, -0.15) is 0 Å². The molecular weight excluding hydrogens is 268 g/mol. The molecule has 114 valence electrons. The number of likely N-dealkylation sites (N-methyl/N-ethyl adjacent to an activating group) is 1. The molecule has 1 aliphatic rings. The van der Waals surface area contributed by atoms with Crippen molar-refractivity contribution in [3.05, 3.63) is 29.3 Å². The van der Waals surface area contributed by atoms with Crippen LogP contribution in [-0.2, 0) is 16.0 Å². The van der Waals surface area contributed by atoms with E-state index in [9.17, 15) is 14.7 Å². The van der Waals surface area contributed by atoms with E-state index >= 15 is 0 Å². The normalized spacial score (nSPS) is 14.8. The molecule has 0 aromatic heterocycles. The lowest BCUT2D eigenvalue weighted by molar-refractivity contribution is -0.143. The number of nitrogens with zero attached hydrogens (tertiary/aromatic N) is 2. The zero-order chi connectivity index (χ0) is 15.6. The van der Waals surface area contributed by atoms with Crippen LogP contribution in [0.1, 0.15) is 24.5 Å². The zero-order valence-electron chi connectivity index (χ0n) is 12.8. The van der Waals surface area contributed by atoms with Crippen molar-refractivity contribution in [1.82, 2.24) is 4.90 Å². The van der Waals surface area contributed by atoms with Crippen LogP contribution in [-0.4, -0.2) is 48.1 Å². The van der Waals surface area contributed by atoms with E-state index in [1.807, 2.05) is 25.1 Å². The summed E-state index contributed by atoms with van der Waals surface area (Å²) in [6.07, 6.45) is 0.773. The van der Waals surface area contributed by atoms with E-state index in [1.54, 1.807) is 18.9 Å². The minimum atomic E-state index is -0.523. The van der Waals surface area contributed by atoms with Crippen molar-refractivity contribution >= 4 is 17.5 Å². The van der Waals surface area contributed by atoms with Crippen molar-refractivity contribution in [3.63, 3.8) is 0 Å². The summed E-state index contributed by atoms with van der Waals surface area (Å²) in [6.45, 7) is 4.61. The number of fused-ring (bicyclic) bond motifs is 1. The van der Waals surface area contributed by atoms with Gasteiger partial charge in [-0.25, -0.2) is 0 Å². The molecule has 1 N–H and O–H groups in total. The Morgan fingerprint density at radius 3 is 2.81 bits per heavy atom. The average Bonchev–Trinajstić information content (AvgIpc) is 2.88. The van der Waals surface area contributed by atoms with Gasteiger partial charge in [-0.1, -0.05) is 12.1 Å². The van der Waals surface area contributed by atoms with Crippen LogP contribution in [0.3, 0.4) is 0 Å². The molecule has 0 radical (unpaired) electrons. The van der Waals surface area contributed by atoms with Crippen LogP contribution in [0.2, 0.25) is 0 Å². The average molecular weight is 290 g/mol. The second-order valence-corrected chi connectivity index (χ2v) is 5.64. The molecule has 0 bridgehead atoms. The molecule has 1 aromatic rings. The van der Waals surface area contributed by atoms with E-state index in [2.05, 4.69) is 0 Å². The summed E-state index contributed by atoms with van der Waals surface area (Å²) < 4.78 is 0. The van der Waals surface area contributed by atoms with Crippen LogP contribution in [0.4, 0.5) is 5.69 Å². The topological polar surface area (TPSA) is 60.9 Å². The minimum Gasteiger partial charge on any atom is -0.393 e. The fourth-order valence-corrected chi connectivity index (χ4v) is 2.58. The predicted molar refractivity (Wildman–Crippen MR) is 81.2 cm³/mol. The molecule has 2 amide bonds. The number of aryl methyl sites for hydroxylation is 1. The predicted octanol–water partition coefficient (Wildman–Crippen LogP) is 1.11. The number of carbonyl (C=O) groups is 2. The molecule has 1 heterocycles. The quantitative estimate of drug-likeness (QED) is 0.848. The van der Waals surface area contributed by atoms with Gasteiger partial charge >= 0.3 is 11.8 Å². The molecule has 1 atom stereocenters. The Balaban J connectivity index is 2.09. The fourth-order valence-electron chi connectivity index (χ4n) is 2.58. The summed E-state index contributed by atoms with van der Waals surface area (Å²) in [5.74, 6) is -1.02. The van der Waals surface area contributed by atoms with Crippen LogP contribution >= 0.6 is 0 Å². The van der Waals surface area contributed by atoms with Gasteiger partial charge < -0.3 is 14.9 Å². The molecule has 21 heavy (non-hydrogen) atoms. The Hall–Kier alpha value is -1.88. The first-order valence-corrected chi connectivity index (χ1v) is 7.25. The molecule has 5 nitrogen and oxygen atoms in total. The van der Waals surface area contributed by atoms with Gasteiger partial charge in [0.25, 0.3) is 0 Å². The van der Waals surface area contributed by atoms with Crippen LogP contribution in [0, 0.1) is 6.92 Å². The van der Waals surface area contributed by atoms with Gasteiger partial charge in [0.05, 0.1) is 6.10 Å². The number of hydrogen-bond donors (Lipinski definition) is 1. The third kappa shape index (κ3) is 3.24. The van der Waals surface area contributed by atoms with Gasteiger partial charge in [0, 0.05) is 25.8 Å². The Kier molecular flexibility index (Phi) is 4.63. The Morgan fingerprint density at radius 2 is 2.14 bits per heavy atom. The molecule has 0 aliphatic carbocycles. The highest BCUT2D eigenvalue weighted by Crippen LogP contribution is 2.30. The van der Waals surface area contributed by atoms with Gasteiger partial charge in [0.15, 0.2) is 0 Å². The van der Waals surface area contributed by atoms with Crippen LogP contribution in [0.15, 0.2) is 18.2 Å². The van der Waals surface area contributed by atoms with Gasteiger partial charge in [0.2, 0.25) is 0 Å². The number of carbonyl (C=O) groups excluding carboxylic acids is 2. The molecule has 0 saturated heterocycles. The number of benzene rings is 1. The number of aliphatic hydroxyl groups is 1. The second kappa shape index (κ2) is 6.26. The monoisotopic (exact) mass is 290 g/mol. The minimum absolute atomic E-state index is 0.372. The summed E-state index contributed by atoms with van der Waals surface area (Å²) in [6, 6.07) is 5.81. The number of hydrogen-bond acceptors (Lipinski definition) is 3. The first-order valence-electron chi connectivity index (χ1n) is 7.25. The lowest BCUT2D eigenvalue weighted by Gasteiger charge is -2.22. The van der Waals surface area contributed by atoms with Crippen LogP contribution in [0.25, 0.3) is 0 Å². The molecule has 2 rings (SSSR count). The third-order valence-electron chi connectivity index (χ3n) is 3.92. The standard InChI is InChI=1S/C16H22N2O3/c1-11-5-4-6-14-13(11)8-10-18(14)16(21)15(20)17(3)9-7-12(2)19/h4-6,12,19H,7-10H2,1-3H3. The zero-order valence-corrected chi connectivity index (χ0v) is 12.8. The number of aliphatic hydroxyl groups excluding tert-OH is 1. The van der Waals surface area contributed by atoms with E-state index in [1.165, 1.54) is 4.90 Å². The van der Waals surface area contributed by atoms with E-state index in [-0.39, 0.29) is 0 Å². The van der Waals surface area contributed by atoms with Crippen LogP contribution < -0.4 is 4.90 Å². The van der Waals surface area contributed by atoms with Crippen molar-refractivity contribution in [2.75, 3.05) is 25.0 Å². The van der Waals surface area contributed by atoms with Crippen molar-refractivity contribution in [3.8, 4) is 0 Å². The molecule has 1 aromatic carbocycles. The molecule has 1 aliphatic heterocycles. The summed E-state index contributed by atoms with van der Waals surface area (Å²) in [4.78, 5) is 27.5. The summed E-state index contributed by atoms with van der Waals surface area (Å²) in [5.41, 5.74) is 3.14. The van der Waals surface area contributed by atoms with Crippen molar-refractivity contribution in [2.45, 2.75) is 32.8 Å². The number of amides is 2. The maximum atomic E-state index is 12.4. The lowest BCUT2D eigenvalue weighted by Crippen LogP contribution is -2.44. The van der Waals surface area contributed by atoms with Crippen molar-refractivity contribution < 1.29 is 14.7 Å². The van der Waals surface area contributed by atoms with E-state index < -0.39 is 17.9 Å². The summed E-state index contributed by atoms with van der Waals surface area (Å²) in [5, 5.41) is 9.26. The smallest absolute Gasteiger partial charge is 0.316 e. The SMILES string of the molecule is Cc1cccc2c1CCN2C(=O)C(=O)N(C)CCC(C)O. The third-order valence-corrected chi connectivity index (χ3v) is 3.92. The van der Waals surface area contributed by atoms with Gasteiger partial charge in [-0.15, -0.1) is 0 Å². The Bertz CT molecular complexity index is 554. The molecule has 5 heteroatoms. The first kappa shape index (κ1) is 15.5. The molecule has 1 unspecified atom stereocenters. The van der Waals surface area contributed by atoms with Gasteiger partial charge in [-0.05, 0) is 43.9 Å².